The van der Waals surface area contributed by atoms with Crippen molar-refractivity contribution >= 4 is 5.95 Å². The summed E-state index contributed by atoms with van der Waals surface area (Å²) in [6.07, 6.45) is 6.05. The molecule has 1 aromatic heterocycles. The number of methoxy groups -OCH3 is 1. The molecule has 0 saturated heterocycles. The van der Waals surface area contributed by atoms with Crippen molar-refractivity contribution in [1.29, 1.82) is 0 Å². The predicted molar refractivity (Wildman–Crippen MR) is 68.3 cm³/mol. The Kier molecular flexibility index (Phi) is 7.42. The van der Waals surface area contributed by atoms with Crippen LogP contribution in [0.5, 0.6) is 0 Å². The molecule has 5 nitrogen and oxygen atoms in total. The van der Waals surface area contributed by atoms with Crippen LogP contribution in [0.3, 0.4) is 0 Å². The highest BCUT2D eigenvalue weighted by Crippen LogP contribution is 2.03. The van der Waals surface area contributed by atoms with E-state index in [1.165, 1.54) is 6.42 Å². The molecule has 0 aromatic carbocycles. The highest BCUT2D eigenvalue weighted by Gasteiger charge is 2.01. The SMILES string of the molecule is CCCCOCCn1ccnc1NCCOC. The molecule has 1 aromatic rings. The zero-order valence-electron chi connectivity index (χ0n) is 10.8. The number of aromatic nitrogens is 2. The Morgan fingerprint density at radius 2 is 2.24 bits per heavy atom. The van der Waals surface area contributed by atoms with E-state index in [9.17, 15) is 0 Å². The quantitative estimate of drug-likeness (QED) is 0.634. The predicted octanol–water partition coefficient (Wildman–Crippen LogP) is 1.76. The first-order valence-electron chi connectivity index (χ1n) is 6.20. The number of ether oxygens (including phenoxy) is 2. The molecule has 0 unspecified atom stereocenters. The first-order valence-corrected chi connectivity index (χ1v) is 6.20. The molecule has 17 heavy (non-hydrogen) atoms. The normalized spacial score (nSPS) is 10.7. The lowest BCUT2D eigenvalue weighted by Gasteiger charge is -2.09. The van der Waals surface area contributed by atoms with Crippen LogP contribution in [0.2, 0.25) is 0 Å². The molecule has 1 N–H and O–H groups in total. The average Bonchev–Trinajstić information content (AvgIpc) is 2.77. The first-order chi connectivity index (χ1) is 8.38. The largest absolute Gasteiger partial charge is 0.383 e. The van der Waals surface area contributed by atoms with Crippen molar-refractivity contribution in [3.63, 3.8) is 0 Å². The summed E-state index contributed by atoms with van der Waals surface area (Å²) in [5.41, 5.74) is 0. The summed E-state index contributed by atoms with van der Waals surface area (Å²) in [7, 11) is 1.69. The topological polar surface area (TPSA) is 48.3 Å². The Hall–Kier alpha value is -1.07. The van der Waals surface area contributed by atoms with Crippen LogP contribution in [-0.4, -0.2) is 43.0 Å². The third-order valence-corrected chi connectivity index (χ3v) is 2.42. The van der Waals surface area contributed by atoms with Crippen molar-refractivity contribution in [3.05, 3.63) is 12.4 Å². The maximum atomic E-state index is 5.53. The number of anilines is 1. The molecule has 0 saturated carbocycles. The van der Waals surface area contributed by atoms with E-state index in [4.69, 9.17) is 9.47 Å². The van der Waals surface area contributed by atoms with Crippen LogP contribution < -0.4 is 5.32 Å². The summed E-state index contributed by atoms with van der Waals surface area (Å²) < 4.78 is 12.6. The zero-order valence-corrected chi connectivity index (χ0v) is 10.8. The summed E-state index contributed by atoms with van der Waals surface area (Å²) in [6, 6.07) is 0. The van der Waals surface area contributed by atoms with Gasteiger partial charge in [0.25, 0.3) is 0 Å². The molecular weight excluding hydrogens is 218 g/mol. The highest BCUT2D eigenvalue weighted by molar-refractivity contribution is 5.25. The average molecular weight is 241 g/mol. The van der Waals surface area contributed by atoms with Gasteiger partial charge in [0, 0.05) is 39.2 Å². The summed E-state index contributed by atoms with van der Waals surface area (Å²) >= 11 is 0. The number of imidazole rings is 1. The molecule has 0 atom stereocenters. The molecule has 0 fully saturated rings. The van der Waals surface area contributed by atoms with Gasteiger partial charge in [0.15, 0.2) is 0 Å². The molecule has 0 radical (unpaired) electrons. The van der Waals surface area contributed by atoms with E-state index in [1.807, 2.05) is 6.20 Å². The number of nitrogens with zero attached hydrogens (tertiary/aromatic N) is 2. The van der Waals surface area contributed by atoms with Crippen molar-refractivity contribution in [2.45, 2.75) is 26.3 Å². The molecule has 1 heterocycles. The minimum atomic E-state index is 0.680. The van der Waals surface area contributed by atoms with Gasteiger partial charge in [0.1, 0.15) is 0 Å². The van der Waals surface area contributed by atoms with Crippen LogP contribution in [-0.2, 0) is 16.0 Å². The van der Waals surface area contributed by atoms with Gasteiger partial charge in [0.05, 0.1) is 13.2 Å². The Labute approximate surface area is 103 Å². The molecule has 98 valence electrons. The second kappa shape index (κ2) is 9.01. The minimum absolute atomic E-state index is 0.680. The van der Waals surface area contributed by atoms with Crippen LogP contribution in [0.4, 0.5) is 5.95 Å². The Bertz CT molecular complexity index is 289. The van der Waals surface area contributed by atoms with Crippen LogP contribution in [0.15, 0.2) is 12.4 Å². The van der Waals surface area contributed by atoms with Gasteiger partial charge in [-0.05, 0) is 6.42 Å². The molecular formula is C12H23N3O2. The van der Waals surface area contributed by atoms with Gasteiger partial charge >= 0.3 is 0 Å². The van der Waals surface area contributed by atoms with Crippen molar-refractivity contribution in [3.8, 4) is 0 Å². The fourth-order valence-corrected chi connectivity index (χ4v) is 1.43. The third-order valence-electron chi connectivity index (χ3n) is 2.42. The van der Waals surface area contributed by atoms with Crippen molar-refractivity contribution in [2.24, 2.45) is 0 Å². The number of hydrogen-bond acceptors (Lipinski definition) is 4. The summed E-state index contributed by atoms with van der Waals surface area (Å²) in [4.78, 5) is 4.24. The van der Waals surface area contributed by atoms with Gasteiger partial charge in [-0.15, -0.1) is 0 Å². The molecule has 5 heteroatoms. The van der Waals surface area contributed by atoms with E-state index >= 15 is 0 Å². The smallest absolute Gasteiger partial charge is 0.202 e. The monoisotopic (exact) mass is 241 g/mol. The Morgan fingerprint density at radius 3 is 3.00 bits per heavy atom. The lowest BCUT2D eigenvalue weighted by atomic mass is 10.4. The van der Waals surface area contributed by atoms with Gasteiger partial charge in [-0.25, -0.2) is 4.98 Å². The van der Waals surface area contributed by atoms with Gasteiger partial charge in [-0.1, -0.05) is 13.3 Å². The molecule has 0 amide bonds. The zero-order chi connectivity index (χ0) is 12.3. The number of nitrogens with one attached hydrogen (secondary N) is 1. The third kappa shape index (κ3) is 5.70. The fourth-order valence-electron chi connectivity index (χ4n) is 1.43. The number of rotatable bonds is 10. The van der Waals surface area contributed by atoms with Gasteiger partial charge in [0.2, 0.25) is 5.95 Å². The molecule has 0 aliphatic rings. The Morgan fingerprint density at radius 1 is 1.35 bits per heavy atom. The Balaban J connectivity index is 2.20. The first kappa shape index (κ1) is 14.0. The van der Waals surface area contributed by atoms with Crippen LogP contribution in [0.25, 0.3) is 0 Å². The molecule has 0 bridgehead atoms. The number of hydrogen-bond donors (Lipinski definition) is 1. The molecule has 0 spiro atoms. The van der Waals surface area contributed by atoms with E-state index in [0.29, 0.717) is 6.61 Å². The van der Waals surface area contributed by atoms with E-state index in [-0.39, 0.29) is 0 Å². The van der Waals surface area contributed by atoms with Crippen molar-refractivity contribution < 1.29 is 9.47 Å². The maximum Gasteiger partial charge on any atom is 0.202 e. The summed E-state index contributed by atoms with van der Waals surface area (Å²) in [5.74, 6) is 0.876. The number of unbranched alkanes of at least 4 members (excludes halogenated alkanes) is 1. The summed E-state index contributed by atoms with van der Waals surface area (Å²) in [5, 5.41) is 3.22. The lowest BCUT2D eigenvalue weighted by molar-refractivity contribution is 0.124. The van der Waals surface area contributed by atoms with Gasteiger partial charge in [-0.2, -0.15) is 0 Å². The van der Waals surface area contributed by atoms with Crippen LogP contribution in [0, 0.1) is 0 Å². The lowest BCUT2D eigenvalue weighted by Crippen LogP contribution is -2.14. The molecule has 1 rings (SSSR count). The van der Waals surface area contributed by atoms with Crippen LogP contribution in [0.1, 0.15) is 19.8 Å². The van der Waals surface area contributed by atoms with E-state index in [1.54, 1.807) is 13.3 Å². The summed E-state index contributed by atoms with van der Waals surface area (Å²) in [6.45, 7) is 6.02. The van der Waals surface area contributed by atoms with E-state index < -0.39 is 0 Å². The van der Waals surface area contributed by atoms with E-state index in [0.717, 1.165) is 38.7 Å². The van der Waals surface area contributed by atoms with Gasteiger partial charge < -0.3 is 19.4 Å². The minimum Gasteiger partial charge on any atom is -0.383 e. The fraction of sp³-hybridized carbons (Fsp3) is 0.750. The maximum absolute atomic E-state index is 5.53. The van der Waals surface area contributed by atoms with Crippen molar-refractivity contribution in [1.82, 2.24) is 9.55 Å². The van der Waals surface area contributed by atoms with Crippen molar-refractivity contribution in [2.75, 3.05) is 38.8 Å². The highest BCUT2D eigenvalue weighted by atomic mass is 16.5. The molecule has 0 aliphatic heterocycles. The van der Waals surface area contributed by atoms with Crippen LogP contribution >= 0.6 is 0 Å². The van der Waals surface area contributed by atoms with Gasteiger partial charge in [-0.3, -0.25) is 0 Å². The van der Waals surface area contributed by atoms with E-state index in [2.05, 4.69) is 21.8 Å². The molecule has 0 aliphatic carbocycles. The standard InChI is InChI=1S/C12H23N3O2/c1-3-4-9-17-11-8-15-7-5-13-12(15)14-6-10-16-2/h5,7H,3-4,6,8-11H2,1-2H3,(H,13,14). The second-order valence-corrected chi connectivity index (χ2v) is 3.83. The second-order valence-electron chi connectivity index (χ2n) is 3.83.